The molecule has 1 aromatic heterocycles. The van der Waals surface area contributed by atoms with Crippen LogP contribution < -0.4 is 10.2 Å². The van der Waals surface area contributed by atoms with Crippen LogP contribution in [0, 0.1) is 18.6 Å². The molecular weight excluding hydrogens is 530 g/mol. The fourth-order valence-electron chi connectivity index (χ4n) is 4.72. The van der Waals surface area contributed by atoms with E-state index in [0.29, 0.717) is 22.8 Å². The molecule has 9 heteroatoms. The van der Waals surface area contributed by atoms with E-state index in [9.17, 15) is 14.0 Å². The summed E-state index contributed by atoms with van der Waals surface area (Å²) in [5.41, 5.74) is 3.90. The van der Waals surface area contributed by atoms with Gasteiger partial charge in [0.1, 0.15) is 24.0 Å². The Morgan fingerprint density at radius 1 is 1.10 bits per heavy atom. The minimum Gasteiger partial charge on any atom is -0.352 e. The standard InChI is InChI=1S/C31H30F2N4O2S/c1-4-20(3)34-26(38)17-36-27(39)18-40-30(24-15-12-22(32)16-25(24)33)28-29(21-8-6-5-7-9-21)35-37(31(28)36)23-13-10-19(2)11-14-23/h5-16,20,30H,4,17-18H2,1-3H3,(H,34,38)/t20-,30+/m0/s1. The van der Waals surface area contributed by atoms with Crippen LogP contribution in [0.3, 0.4) is 0 Å². The summed E-state index contributed by atoms with van der Waals surface area (Å²) in [6.07, 6.45) is 0.742. The number of hydrogen-bond donors (Lipinski definition) is 1. The van der Waals surface area contributed by atoms with E-state index in [4.69, 9.17) is 5.10 Å². The largest absolute Gasteiger partial charge is 0.352 e. The van der Waals surface area contributed by atoms with E-state index in [0.717, 1.165) is 23.6 Å². The number of aryl methyl sites for hydroxylation is 1. The van der Waals surface area contributed by atoms with Crippen molar-refractivity contribution in [3.8, 4) is 16.9 Å². The number of thioether (sulfide) groups is 1. The van der Waals surface area contributed by atoms with Crippen LogP contribution in [0.2, 0.25) is 0 Å². The van der Waals surface area contributed by atoms with Crippen LogP contribution in [0.5, 0.6) is 0 Å². The topological polar surface area (TPSA) is 67.2 Å². The van der Waals surface area contributed by atoms with Crippen molar-refractivity contribution in [3.05, 3.63) is 101 Å². The van der Waals surface area contributed by atoms with Gasteiger partial charge in [0.25, 0.3) is 0 Å². The van der Waals surface area contributed by atoms with Crippen molar-refractivity contribution in [2.45, 2.75) is 38.5 Å². The van der Waals surface area contributed by atoms with Gasteiger partial charge in [-0.25, -0.2) is 13.5 Å². The fraction of sp³-hybridized carbons (Fsp3) is 0.258. The first-order chi connectivity index (χ1) is 19.3. The highest BCUT2D eigenvalue weighted by Gasteiger charge is 2.38. The molecule has 40 heavy (non-hydrogen) atoms. The molecule has 0 saturated heterocycles. The monoisotopic (exact) mass is 560 g/mol. The van der Waals surface area contributed by atoms with Crippen LogP contribution >= 0.6 is 11.8 Å². The van der Waals surface area contributed by atoms with E-state index in [-0.39, 0.29) is 35.7 Å². The number of aromatic nitrogens is 2. The average Bonchev–Trinajstić information content (AvgIpc) is 3.27. The van der Waals surface area contributed by atoms with Gasteiger partial charge < -0.3 is 5.32 Å². The molecule has 1 N–H and O–H groups in total. The van der Waals surface area contributed by atoms with Gasteiger partial charge in [-0.05, 0) is 38.5 Å². The first kappa shape index (κ1) is 27.6. The molecule has 0 fully saturated rings. The smallest absolute Gasteiger partial charge is 0.240 e. The van der Waals surface area contributed by atoms with Gasteiger partial charge in [0, 0.05) is 28.8 Å². The summed E-state index contributed by atoms with van der Waals surface area (Å²) < 4.78 is 30.9. The second kappa shape index (κ2) is 11.6. The number of amides is 2. The van der Waals surface area contributed by atoms with Crippen molar-refractivity contribution in [1.29, 1.82) is 0 Å². The third-order valence-electron chi connectivity index (χ3n) is 6.98. The minimum absolute atomic E-state index is 0.00506. The van der Waals surface area contributed by atoms with E-state index in [1.54, 1.807) is 4.68 Å². The Kier molecular flexibility index (Phi) is 8.02. The number of anilines is 1. The number of fused-ring (bicyclic) bond motifs is 1. The molecular formula is C31H30F2N4O2S. The maximum atomic E-state index is 15.3. The van der Waals surface area contributed by atoms with Crippen molar-refractivity contribution in [1.82, 2.24) is 15.1 Å². The Morgan fingerprint density at radius 3 is 2.50 bits per heavy atom. The van der Waals surface area contributed by atoms with E-state index in [1.165, 1.54) is 28.8 Å². The number of benzene rings is 3. The molecule has 0 radical (unpaired) electrons. The molecule has 3 aromatic carbocycles. The number of halogens is 2. The predicted molar refractivity (Wildman–Crippen MR) is 155 cm³/mol. The second-order valence-corrected chi connectivity index (χ2v) is 11.0. The zero-order valence-electron chi connectivity index (χ0n) is 22.5. The van der Waals surface area contributed by atoms with Gasteiger partial charge >= 0.3 is 0 Å². The van der Waals surface area contributed by atoms with Gasteiger partial charge in [-0.15, -0.1) is 11.8 Å². The molecule has 5 rings (SSSR count). The third kappa shape index (κ3) is 5.51. The van der Waals surface area contributed by atoms with Crippen molar-refractivity contribution in [2.24, 2.45) is 0 Å². The summed E-state index contributed by atoms with van der Waals surface area (Å²) in [5, 5.41) is 7.23. The highest BCUT2D eigenvalue weighted by molar-refractivity contribution is 8.00. The van der Waals surface area contributed by atoms with Gasteiger partial charge in [-0.3, -0.25) is 14.5 Å². The highest BCUT2D eigenvalue weighted by atomic mass is 32.2. The van der Waals surface area contributed by atoms with Crippen LogP contribution in [0.1, 0.15) is 42.2 Å². The second-order valence-electron chi connectivity index (χ2n) is 9.91. The summed E-state index contributed by atoms with van der Waals surface area (Å²) in [6, 6.07) is 20.5. The van der Waals surface area contributed by atoms with Crippen LogP contribution in [-0.2, 0) is 9.59 Å². The van der Waals surface area contributed by atoms with Crippen molar-refractivity contribution >= 4 is 29.4 Å². The molecule has 0 aliphatic carbocycles. The van der Waals surface area contributed by atoms with Crippen molar-refractivity contribution in [3.63, 3.8) is 0 Å². The Bertz CT molecular complexity index is 1540. The van der Waals surface area contributed by atoms with Crippen LogP contribution in [-0.4, -0.2) is 39.9 Å². The molecule has 0 saturated carbocycles. The number of nitrogens with zero attached hydrogens (tertiary/aromatic N) is 3. The van der Waals surface area contributed by atoms with Gasteiger partial charge in [0.2, 0.25) is 11.8 Å². The van der Waals surface area contributed by atoms with E-state index in [2.05, 4.69) is 5.32 Å². The van der Waals surface area contributed by atoms with Gasteiger partial charge in [-0.1, -0.05) is 61.0 Å². The molecule has 4 aromatic rings. The van der Waals surface area contributed by atoms with Crippen LogP contribution in [0.15, 0.2) is 72.8 Å². The summed E-state index contributed by atoms with van der Waals surface area (Å²) in [5.74, 6) is -1.61. The quantitative estimate of drug-likeness (QED) is 0.292. The summed E-state index contributed by atoms with van der Waals surface area (Å²) in [4.78, 5) is 28.3. The molecule has 2 heterocycles. The zero-order valence-corrected chi connectivity index (χ0v) is 23.3. The molecule has 1 aliphatic heterocycles. The SMILES string of the molecule is CC[C@H](C)NC(=O)CN1C(=O)CS[C@H](c2ccc(F)cc2F)c2c(-c3ccccc3)nn(-c3ccc(C)cc3)c21. The van der Waals surface area contributed by atoms with Gasteiger partial charge in [0.15, 0.2) is 0 Å². The maximum Gasteiger partial charge on any atom is 0.240 e. The first-order valence-corrected chi connectivity index (χ1v) is 14.2. The Hall–Kier alpha value is -3.98. The molecule has 2 atom stereocenters. The Balaban J connectivity index is 1.79. The third-order valence-corrected chi connectivity index (χ3v) is 8.22. The summed E-state index contributed by atoms with van der Waals surface area (Å²) in [7, 11) is 0. The molecule has 6 nitrogen and oxygen atoms in total. The lowest BCUT2D eigenvalue weighted by Crippen LogP contribution is -2.44. The zero-order chi connectivity index (χ0) is 28.4. The molecule has 206 valence electrons. The molecule has 1 aliphatic rings. The van der Waals surface area contributed by atoms with Crippen LogP contribution in [0.25, 0.3) is 16.9 Å². The van der Waals surface area contributed by atoms with E-state index in [1.807, 2.05) is 75.4 Å². The number of hydrogen-bond acceptors (Lipinski definition) is 4. The van der Waals surface area contributed by atoms with Gasteiger partial charge in [-0.2, -0.15) is 5.10 Å². The number of carbonyl (C=O) groups is 2. The van der Waals surface area contributed by atoms with Crippen LogP contribution in [0.4, 0.5) is 14.6 Å². The maximum absolute atomic E-state index is 15.3. The molecule has 0 bridgehead atoms. The molecule has 0 spiro atoms. The molecule has 2 amide bonds. The lowest BCUT2D eigenvalue weighted by atomic mass is 9.99. The number of rotatable bonds is 7. The average molecular weight is 561 g/mol. The lowest BCUT2D eigenvalue weighted by Gasteiger charge is -2.24. The Labute approximate surface area is 236 Å². The summed E-state index contributed by atoms with van der Waals surface area (Å²) in [6.45, 7) is 5.63. The Morgan fingerprint density at radius 2 is 1.82 bits per heavy atom. The predicted octanol–water partition coefficient (Wildman–Crippen LogP) is 6.21. The van der Waals surface area contributed by atoms with E-state index >= 15 is 4.39 Å². The first-order valence-electron chi connectivity index (χ1n) is 13.2. The highest BCUT2D eigenvalue weighted by Crippen LogP contribution is 2.49. The number of carbonyl (C=O) groups excluding carboxylic acids is 2. The van der Waals surface area contributed by atoms with Crippen molar-refractivity contribution in [2.75, 3.05) is 17.2 Å². The minimum atomic E-state index is -0.707. The normalized spacial score (nSPS) is 15.9. The van der Waals surface area contributed by atoms with Gasteiger partial charge in [0.05, 0.1) is 22.4 Å². The molecule has 0 unspecified atom stereocenters. The fourth-order valence-corrected chi connectivity index (χ4v) is 5.94. The van der Waals surface area contributed by atoms with E-state index < -0.39 is 16.9 Å². The van der Waals surface area contributed by atoms with Crippen molar-refractivity contribution < 1.29 is 18.4 Å². The summed E-state index contributed by atoms with van der Waals surface area (Å²) >= 11 is 1.24. The number of nitrogens with one attached hydrogen (secondary N) is 1. The lowest BCUT2D eigenvalue weighted by molar-refractivity contribution is -0.123.